The van der Waals surface area contributed by atoms with Crippen LogP contribution in [0, 0.1) is 11.3 Å². The molecule has 2 nitrogen and oxygen atoms in total. The molecular weight excluding hydrogens is 264 g/mol. The van der Waals surface area contributed by atoms with Gasteiger partial charge in [0.15, 0.2) is 5.79 Å². The van der Waals surface area contributed by atoms with Crippen LogP contribution in [0.15, 0.2) is 0 Å². The van der Waals surface area contributed by atoms with E-state index in [1.807, 2.05) is 13.8 Å². The fourth-order valence-corrected chi connectivity index (χ4v) is 7.67. The zero-order valence-corrected chi connectivity index (χ0v) is 15.8. The van der Waals surface area contributed by atoms with Crippen LogP contribution in [0.5, 0.6) is 0 Å². The van der Waals surface area contributed by atoms with Gasteiger partial charge in [0.2, 0.25) is 0 Å². The molecule has 0 N–H and O–H groups in total. The zero-order chi connectivity index (χ0) is 15.4. The predicted molar refractivity (Wildman–Crippen MR) is 87.8 cm³/mol. The van der Waals surface area contributed by atoms with Gasteiger partial charge in [0, 0.05) is 5.41 Å². The van der Waals surface area contributed by atoms with Crippen LogP contribution in [0.3, 0.4) is 0 Å². The lowest BCUT2D eigenvalue weighted by atomic mass is 9.86. The first kappa shape index (κ1) is 16.5. The summed E-state index contributed by atoms with van der Waals surface area (Å²) in [5.74, 6) is 0.424. The molecule has 2 atom stereocenters. The maximum atomic E-state index is 5.99. The number of hydrogen-bond acceptors (Lipinski definition) is 2. The lowest BCUT2D eigenvalue weighted by Gasteiger charge is -2.45. The molecule has 1 spiro atoms. The van der Waals surface area contributed by atoms with Crippen molar-refractivity contribution in [3.8, 4) is 0 Å². The topological polar surface area (TPSA) is 18.5 Å². The monoisotopic (exact) mass is 298 g/mol. The first-order chi connectivity index (χ1) is 8.89. The molecule has 20 heavy (non-hydrogen) atoms. The van der Waals surface area contributed by atoms with E-state index in [0.717, 1.165) is 24.7 Å². The number of hydrogen-bond donors (Lipinski definition) is 0. The van der Waals surface area contributed by atoms with Crippen molar-refractivity contribution in [1.29, 1.82) is 0 Å². The molecule has 0 aromatic carbocycles. The molecule has 1 saturated heterocycles. The molecule has 2 aliphatic rings. The summed E-state index contributed by atoms with van der Waals surface area (Å²) in [7, 11) is -1.29. The van der Waals surface area contributed by atoms with E-state index < -0.39 is 8.07 Å². The highest BCUT2D eigenvalue weighted by Crippen LogP contribution is 2.59. The van der Waals surface area contributed by atoms with Gasteiger partial charge in [0.25, 0.3) is 0 Å². The van der Waals surface area contributed by atoms with Crippen LogP contribution in [-0.4, -0.2) is 27.1 Å². The summed E-state index contributed by atoms with van der Waals surface area (Å²) in [6, 6.07) is 0. The molecule has 2 rings (SSSR count). The van der Waals surface area contributed by atoms with E-state index in [0.29, 0.717) is 5.04 Å². The molecule has 1 aliphatic heterocycles. The van der Waals surface area contributed by atoms with Crippen LogP contribution >= 0.6 is 0 Å². The summed E-state index contributed by atoms with van der Waals surface area (Å²) in [6.45, 7) is 20.8. The molecular formula is C17H34O2Si. The standard InChI is InChI=1S/C17H34O2Si/c1-13-9-17(11-18-16(5,6)19-12-17)10-14(13)20(7,8)15(2,3)4/h13-14H,9-12H2,1-8H3. The highest BCUT2D eigenvalue weighted by molar-refractivity contribution is 6.81. The smallest absolute Gasteiger partial charge is 0.162 e. The van der Waals surface area contributed by atoms with E-state index in [9.17, 15) is 0 Å². The van der Waals surface area contributed by atoms with Crippen LogP contribution < -0.4 is 0 Å². The first-order valence-corrected chi connectivity index (χ1v) is 11.2. The SMILES string of the molecule is CC1CC2(COC(C)(C)OC2)CC1[Si](C)(C)C(C)(C)C. The Kier molecular flexibility index (Phi) is 3.98. The third-order valence-corrected chi connectivity index (χ3v) is 12.9. The third-order valence-electron chi connectivity index (χ3n) is 6.41. The molecule has 0 bridgehead atoms. The van der Waals surface area contributed by atoms with Gasteiger partial charge < -0.3 is 9.47 Å². The number of rotatable bonds is 1. The van der Waals surface area contributed by atoms with Crippen LogP contribution in [0.4, 0.5) is 0 Å². The summed E-state index contributed by atoms with van der Waals surface area (Å²) in [5, 5.41) is 0.465. The van der Waals surface area contributed by atoms with Crippen LogP contribution in [0.2, 0.25) is 23.7 Å². The molecule has 0 aromatic heterocycles. The van der Waals surface area contributed by atoms with Gasteiger partial charge in [-0.25, -0.2) is 0 Å². The van der Waals surface area contributed by atoms with Crippen molar-refractivity contribution in [2.24, 2.45) is 11.3 Å². The molecule has 1 saturated carbocycles. The molecule has 0 amide bonds. The summed E-state index contributed by atoms with van der Waals surface area (Å²) >= 11 is 0. The minimum atomic E-state index is -1.29. The first-order valence-electron chi connectivity index (χ1n) is 8.17. The summed E-state index contributed by atoms with van der Waals surface area (Å²) < 4.78 is 12.0. The van der Waals surface area contributed by atoms with Crippen molar-refractivity contribution in [2.45, 2.75) is 83.8 Å². The molecule has 2 unspecified atom stereocenters. The Morgan fingerprint density at radius 1 is 1.00 bits per heavy atom. The molecule has 3 heteroatoms. The molecule has 118 valence electrons. The molecule has 1 aliphatic carbocycles. The Hall–Kier alpha value is 0.137. The van der Waals surface area contributed by atoms with E-state index in [4.69, 9.17) is 9.47 Å². The van der Waals surface area contributed by atoms with Gasteiger partial charge in [-0.1, -0.05) is 40.8 Å². The second-order valence-corrected chi connectivity index (χ2v) is 15.1. The summed E-state index contributed by atoms with van der Waals surface area (Å²) in [4.78, 5) is 0. The van der Waals surface area contributed by atoms with Gasteiger partial charge in [0.1, 0.15) is 0 Å². The Labute approximate surface area is 126 Å². The average molecular weight is 299 g/mol. The molecule has 0 radical (unpaired) electrons. The molecule has 0 aromatic rings. The second kappa shape index (κ2) is 4.82. The van der Waals surface area contributed by atoms with Crippen molar-refractivity contribution in [2.75, 3.05) is 13.2 Å². The maximum absolute atomic E-state index is 5.99. The lowest BCUT2D eigenvalue weighted by Crippen LogP contribution is -2.46. The van der Waals surface area contributed by atoms with Crippen molar-refractivity contribution in [3.05, 3.63) is 0 Å². The minimum Gasteiger partial charge on any atom is -0.350 e. The van der Waals surface area contributed by atoms with Gasteiger partial charge in [-0.3, -0.25) is 0 Å². The highest BCUT2D eigenvalue weighted by atomic mass is 28.3. The Morgan fingerprint density at radius 2 is 1.50 bits per heavy atom. The van der Waals surface area contributed by atoms with Crippen molar-refractivity contribution in [1.82, 2.24) is 0 Å². The van der Waals surface area contributed by atoms with Gasteiger partial charge >= 0.3 is 0 Å². The van der Waals surface area contributed by atoms with E-state index in [2.05, 4.69) is 40.8 Å². The van der Waals surface area contributed by atoms with E-state index in [1.165, 1.54) is 12.8 Å². The van der Waals surface area contributed by atoms with Crippen LogP contribution in [0.1, 0.15) is 54.4 Å². The number of ether oxygens (including phenoxy) is 2. The minimum absolute atomic E-state index is 0.287. The zero-order valence-electron chi connectivity index (χ0n) is 14.8. The highest BCUT2D eigenvalue weighted by Gasteiger charge is 2.54. The van der Waals surface area contributed by atoms with Crippen LogP contribution in [-0.2, 0) is 9.47 Å². The van der Waals surface area contributed by atoms with Crippen LogP contribution in [0.25, 0.3) is 0 Å². The normalized spacial score (nSPS) is 33.6. The van der Waals surface area contributed by atoms with Crippen molar-refractivity contribution >= 4 is 8.07 Å². The van der Waals surface area contributed by atoms with Gasteiger partial charge in [-0.05, 0) is 43.2 Å². The maximum Gasteiger partial charge on any atom is 0.162 e. The predicted octanol–water partition coefficient (Wildman–Crippen LogP) is 5.06. The molecule has 2 fully saturated rings. The Bertz CT molecular complexity index is 358. The fraction of sp³-hybridized carbons (Fsp3) is 1.00. The summed E-state index contributed by atoms with van der Waals surface area (Å²) in [5.41, 5.74) is 1.17. The Balaban J connectivity index is 2.14. The molecule has 1 heterocycles. The van der Waals surface area contributed by atoms with E-state index in [1.54, 1.807) is 0 Å². The van der Waals surface area contributed by atoms with E-state index in [-0.39, 0.29) is 11.2 Å². The third kappa shape index (κ3) is 2.86. The average Bonchev–Trinajstić information content (AvgIpc) is 2.60. The summed E-state index contributed by atoms with van der Waals surface area (Å²) in [6.07, 6.45) is 2.58. The largest absolute Gasteiger partial charge is 0.350 e. The van der Waals surface area contributed by atoms with Gasteiger partial charge in [-0.15, -0.1) is 0 Å². The quantitative estimate of drug-likeness (QED) is 0.630. The second-order valence-electron chi connectivity index (χ2n) is 9.44. The van der Waals surface area contributed by atoms with Crippen molar-refractivity contribution < 1.29 is 9.47 Å². The van der Waals surface area contributed by atoms with E-state index >= 15 is 0 Å². The fourth-order valence-electron chi connectivity index (χ4n) is 4.07. The van der Waals surface area contributed by atoms with Gasteiger partial charge in [-0.2, -0.15) is 0 Å². The lowest BCUT2D eigenvalue weighted by molar-refractivity contribution is -0.284. The van der Waals surface area contributed by atoms with Gasteiger partial charge in [0.05, 0.1) is 21.3 Å². The Morgan fingerprint density at radius 3 is 1.95 bits per heavy atom. The van der Waals surface area contributed by atoms with Crippen molar-refractivity contribution in [3.63, 3.8) is 0 Å².